The van der Waals surface area contributed by atoms with Gasteiger partial charge in [0.05, 0.1) is 12.1 Å². The molecular weight excluding hydrogens is 254 g/mol. The van der Waals surface area contributed by atoms with Crippen LogP contribution in [-0.4, -0.2) is 22.4 Å². The third-order valence-electron chi connectivity index (χ3n) is 3.18. The number of nitrogens with zero attached hydrogens (tertiary/aromatic N) is 3. The summed E-state index contributed by atoms with van der Waals surface area (Å²) in [4.78, 5) is 22.1. The van der Waals surface area contributed by atoms with E-state index in [9.17, 15) is 4.79 Å². The number of nitrogen functional groups attached to an aromatic ring is 1. The number of hydrogen-bond donors (Lipinski definition) is 2. The van der Waals surface area contributed by atoms with E-state index in [0.717, 1.165) is 17.8 Å². The van der Waals surface area contributed by atoms with Crippen LogP contribution in [0.3, 0.4) is 0 Å². The second-order valence-electron chi connectivity index (χ2n) is 4.59. The normalized spacial score (nSPS) is 13.4. The molecule has 20 heavy (non-hydrogen) atoms. The Kier molecular flexibility index (Phi) is 2.98. The van der Waals surface area contributed by atoms with Crippen molar-refractivity contribution in [2.45, 2.75) is 13.3 Å². The zero-order valence-corrected chi connectivity index (χ0v) is 11.1. The van der Waals surface area contributed by atoms with E-state index in [1.807, 2.05) is 19.1 Å². The van der Waals surface area contributed by atoms with Gasteiger partial charge in [-0.05, 0) is 30.7 Å². The van der Waals surface area contributed by atoms with Gasteiger partial charge < -0.3 is 11.1 Å². The van der Waals surface area contributed by atoms with Crippen molar-refractivity contribution >= 4 is 28.9 Å². The van der Waals surface area contributed by atoms with Crippen molar-refractivity contribution in [3.8, 4) is 0 Å². The molecule has 102 valence electrons. The highest BCUT2D eigenvalue weighted by atomic mass is 16.2. The lowest BCUT2D eigenvalue weighted by Crippen LogP contribution is -2.22. The molecule has 3 N–H and O–H groups in total. The minimum absolute atomic E-state index is 0.00764. The molecule has 0 radical (unpaired) electrons. The van der Waals surface area contributed by atoms with E-state index in [-0.39, 0.29) is 5.91 Å². The van der Waals surface area contributed by atoms with E-state index < -0.39 is 0 Å². The Balaban J connectivity index is 2.03. The van der Waals surface area contributed by atoms with E-state index in [1.54, 1.807) is 17.0 Å². The molecule has 2 aromatic rings. The quantitative estimate of drug-likeness (QED) is 0.829. The fourth-order valence-corrected chi connectivity index (χ4v) is 2.34. The van der Waals surface area contributed by atoms with Gasteiger partial charge in [0.15, 0.2) is 0 Å². The summed E-state index contributed by atoms with van der Waals surface area (Å²) in [5.74, 6) is 1.27. The number of carbonyl (C=O) groups is 1. The van der Waals surface area contributed by atoms with Crippen molar-refractivity contribution in [1.29, 1.82) is 0 Å². The van der Waals surface area contributed by atoms with Crippen LogP contribution in [0.2, 0.25) is 0 Å². The van der Waals surface area contributed by atoms with Crippen molar-refractivity contribution < 1.29 is 4.79 Å². The molecule has 0 fully saturated rings. The molecule has 1 aromatic carbocycles. The van der Waals surface area contributed by atoms with Crippen molar-refractivity contribution in [1.82, 2.24) is 9.97 Å². The molecule has 3 rings (SSSR count). The van der Waals surface area contributed by atoms with Crippen molar-refractivity contribution in [2.24, 2.45) is 0 Å². The molecule has 1 aliphatic heterocycles. The van der Waals surface area contributed by atoms with E-state index in [1.165, 1.54) is 6.33 Å². The lowest BCUT2D eigenvalue weighted by atomic mass is 10.1. The maximum Gasteiger partial charge on any atom is 0.237 e. The van der Waals surface area contributed by atoms with Gasteiger partial charge in [-0.25, -0.2) is 9.97 Å². The van der Waals surface area contributed by atoms with Crippen LogP contribution in [0.25, 0.3) is 0 Å². The Labute approximate surface area is 116 Å². The van der Waals surface area contributed by atoms with Crippen LogP contribution in [0.15, 0.2) is 30.6 Å². The predicted octanol–water partition coefficient (Wildman–Crippen LogP) is 1.71. The number of nitrogens with one attached hydrogen (secondary N) is 1. The Morgan fingerprint density at radius 2 is 2.20 bits per heavy atom. The summed E-state index contributed by atoms with van der Waals surface area (Å²) in [7, 11) is 0. The summed E-state index contributed by atoms with van der Waals surface area (Å²) in [6.45, 7) is 2.75. The highest BCUT2D eigenvalue weighted by molar-refractivity contribution is 6.07. The van der Waals surface area contributed by atoms with Crippen molar-refractivity contribution in [3.63, 3.8) is 0 Å². The largest absolute Gasteiger partial charge is 0.399 e. The topological polar surface area (TPSA) is 84.1 Å². The number of hydrogen-bond acceptors (Lipinski definition) is 5. The van der Waals surface area contributed by atoms with Gasteiger partial charge in [-0.15, -0.1) is 0 Å². The zero-order chi connectivity index (χ0) is 14.1. The fourth-order valence-electron chi connectivity index (χ4n) is 2.34. The predicted molar refractivity (Wildman–Crippen MR) is 77.9 cm³/mol. The first kappa shape index (κ1) is 12.4. The number of rotatable bonds is 3. The molecule has 0 spiro atoms. The van der Waals surface area contributed by atoms with Crippen molar-refractivity contribution in [2.75, 3.05) is 22.5 Å². The summed E-state index contributed by atoms with van der Waals surface area (Å²) in [6, 6.07) is 7.24. The molecule has 0 bridgehead atoms. The maximum absolute atomic E-state index is 12.2. The Morgan fingerprint density at radius 1 is 1.35 bits per heavy atom. The van der Waals surface area contributed by atoms with Crippen LogP contribution in [0.1, 0.15) is 12.5 Å². The van der Waals surface area contributed by atoms with Crippen LogP contribution in [0, 0.1) is 0 Å². The van der Waals surface area contributed by atoms with Gasteiger partial charge in [-0.3, -0.25) is 9.69 Å². The Bertz CT molecular complexity index is 670. The average molecular weight is 269 g/mol. The number of carbonyl (C=O) groups excluding carboxylic acids is 1. The third kappa shape index (κ3) is 2.05. The minimum Gasteiger partial charge on any atom is -0.399 e. The summed E-state index contributed by atoms with van der Waals surface area (Å²) < 4.78 is 0. The molecule has 1 aliphatic rings. The third-order valence-corrected chi connectivity index (χ3v) is 3.18. The number of anilines is 4. The van der Waals surface area contributed by atoms with Gasteiger partial charge in [-0.2, -0.15) is 0 Å². The van der Waals surface area contributed by atoms with Gasteiger partial charge in [0.25, 0.3) is 0 Å². The molecule has 1 amide bonds. The SMILES string of the molecule is CCNc1cc(N2C(=O)Cc3cc(N)ccc32)ncn1. The second kappa shape index (κ2) is 4.80. The standard InChI is InChI=1S/C14H15N5O/c1-2-16-12-7-13(18-8-17-12)19-11-4-3-10(15)5-9(11)6-14(19)20/h3-5,7-8H,2,6,15H2,1H3,(H,16,17,18). The number of aromatic nitrogens is 2. The molecule has 0 unspecified atom stereocenters. The molecule has 0 saturated heterocycles. The molecule has 0 atom stereocenters. The molecule has 2 heterocycles. The fraction of sp³-hybridized carbons (Fsp3) is 0.214. The number of nitrogens with two attached hydrogens (primary N) is 1. The molecule has 6 heteroatoms. The maximum atomic E-state index is 12.2. The van der Waals surface area contributed by atoms with Crippen LogP contribution in [-0.2, 0) is 11.2 Å². The summed E-state index contributed by atoms with van der Waals surface area (Å²) >= 11 is 0. The molecule has 0 aliphatic carbocycles. The first-order chi connectivity index (χ1) is 9.69. The lowest BCUT2D eigenvalue weighted by Gasteiger charge is -2.17. The van der Waals surface area contributed by atoms with E-state index >= 15 is 0 Å². The number of amides is 1. The number of benzene rings is 1. The van der Waals surface area contributed by atoms with Crippen LogP contribution >= 0.6 is 0 Å². The van der Waals surface area contributed by atoms with Crippen molar-refractivity contribution in [3.05, 3.63) is 36.2 Å². The first-order valence-corrected chi connectivity index (χ1v) is 6.46. The molecule has 1 aromatic heterocycles. The highest BCUT2D eigenvalue weighted by Crippen LogP contribution is 2.35. The van der Waals surface area contributed by atoms with Gasteiger partial charge in [-0.1, -0.05) is 0 Å². The van der Waals surface area contributed by atoms with Crippen LogP contribution in [0.4, 0.5) is 23.0 Å². The first-order valence-electron chi connectivity index (χ1n) is 6.46. The Hall–Kier alpha value is -2.63. The van der Waals surface area contributed by atoms with E-state index in [4.69, 9.17) is 5.73 Å². The lowest BCUT2D eigenvalue weighted by molar-refractivity contribution is -0.116. The molecule has 0 saturated carbocycles. The van der Waals surface area contributed by atoms with Gasteiger partial charge >= 0.3 is 0 Å². The van der Waals surface area contributed by atoms with Gasteiger partial charge in [0, 0.05) is 18.3 Å². The summed E-state index contributed by atoms with van der Waals surface area (Å²) in [6.07, 6.45) is 1.80. The molecular formula is C14H15N5O. The highest BCUT2D eigenvalue weighted by Gasteiger charge is 2.29. The monoisotopic (exact) mass is 269 g/mol. The van der Waals surface area contributed by atoms with Crippen LogP contribution < -0.4 is 16.0 Å². The summed E-state index contributed by atoms with van der Waals surface area (Å²) in [5.41, 5.74) is 8.19. The van der Waals surface area contributed by atoms with Gasteiger partial charge in [0.2, 0.25) is 5.91 Å². The summed E-state index contributed by atoms with van der Waals surface area (Å²) in [5, 5.41) is 3.11. The van der Waals surface area contributed by atoms with E-state index in [2.05, 4.69) is 15.3 Å². The van der Waals surface area contributed by atoms with E-state index in [0.29, 0.717) is 23.7 Å². The zero-order valence-electron chi connectivity index (χ0n) is 11.1. The van der Waals surface area contributed by atoms with Gasteiger partial charge in [0.1, 0.15) is 18.0 Å². The second-order valence-corrected chi connectivity index (χ2v) is 4.59. The average Bonchev–Trinajstić information content (AvgIpc) is 2.74. The number of fused-ring (bicyclic) bond motifs is 1. The Morgan fingerprint density at radius 3 is 3.00 bits per heavy atom. The minimum atomic E-state index is -0.00764. The smallest absolute Gasteiger partial charge is 0.237 e. The molecule has 6 nitrogen and oxygen atoms in total. The van der Waals surface area contributed by atoms with Crippen LogP contribution in [0.5, 0.6) is 0 Å².